The summed E-state index contributed by atoms with van der Waals surface area (Å²) in [5.41, 5.74) is 0.269. The summed E-state index contributed by atoms with van der Waals surface area (Å²) in [6, 6.07) is 5.57. The van der Waals surface area contributed by atoms with E-state index in [9.17, 15) is 4.79 Å². The first-order valence-electron chi connectivity index (χ1n) is 6.49. The number of aromatic nitrogens is 1. The maximum atomic E-state index is 12.2. The van der Waals surface area contributed by atoms with Gasteiger partial charge in [-0.05, 0) is 61.8 Å². The number of ether oxygens (including phenoxy) is 2. The maximum Gasteiger partial charge on any atom is 0.418 e. The van der Waals surface area contributed by atoms with E-state index in [2.05, 4.69) is 15.9 Å². The Balaban J connectivity index is 2.43. The van der Waals surface area contributed by atoms with Crippen molar-refractivity contribution in [3.05, 3.63) is 28.9 Å². The van der Waals surface area contributed by atoms with Gasteiger partial charge in [-0.25, -0.2) is 4.79 Å². The highest BCUT2D eigenvalue weighted by molar-refractivity contribution is 9.10. The minimum Gasteiger partial charge on any atom is -0.493 e. The molecular formula is C15H18BrNO3. The normalized spacial score (nSPS) is 11.7. The van der Waals surface area contributed by atoms with Crippen LogP contribution in [-0.4, -0.2) is 22.9 Å². The van der Waals surface area contributed by atoms with Gasteiger partial charge in [-0.15, -0.1) is 0 Å². The van der Waals surface area contributed by atoms with E-state index in [0.29, 0.717) is 6.61 Å². The smallest absolute Gasteiger partial charge is 0.418 e. The Morgan fingerprint density at radius 1 is 1.30 bits per heavy atom. The Hall–Kier alpha value is -1.49. The van der Waals surface area contributed by atoms with E-state index in [4.69, 9.17) is 9.47 Å². The third kappa shape index (κ3) is 2.98. The minimum atomic E-state index is -0.518. The van der Waals surface area contributed by atoms with E-state index in [1.165, 1.54) is 4.57 Å². The van der Waals surface area contributed by atoms with Gasteiger partial charge < -0.3 is 9.47 Å². The van der Waals surface area contributed by atoms with Crippen LogP contribution in [0.2, 0.25) is 0 Å². The van der Waals surface area contributed by atoms with Crippen molar-refractivity contribution in [1.29, 1.82) is 0 Å². The van der Waals surface area contributed by atoms with E-state index >= 15 is 0 Å². The second kappa shape index (κ2) is 5.48. The van der Waals surface area contributed by atoms with Crippen LogP contribution in [0.5, 0.6) is 5.75 Å². The number of hydrogen-bond acceptors (Lipinski definition) is 3. The molecule has 5 heteroatoms. The number of halogens is 1. The lowest BCUT2D eigenvalue weighted by Crippen LogP contribution is -2.26. The maximum absolute atomic E-state index is 12.2. The van der Waals surface area contributed by atoms with Crippen molar-refractivity contribution in [2.75, 3.05) is 6.61 Å². The Morgan fingerprint density at radius 3 is 2.60 bits per heavy atom. The summed E-state index contributed by atoms with van der Waals surface area (Å²) in [5, 5.41) is 0.918. The highest BCUT2D eigenvalue weighted by Crippen LogP contribution is 2.34. The Kier molecular flexibility index (Phi) is 4.09. The molecule has 0 N–H and O–H groups in total. The molecule has 0 fully saturated rings. The molecule has 2 aromatic rings. The molecule has 0 unspecified atom stereocenters. The molecule has 0 aliphatic rings. The molecule has 0 aliphatic carbocycles. The van der Waals surface area contributed by atoms with E-state index < -0.39 is 5.60 Å². The van der Waals surface area contributed by atoms with Crippen LogP contribution in [0.3, 0.4) is 0 Å². The lowest BCUT2D eigenvalue weighted by Gasteiger charge is -2.19. The predicted molar refractivity (Wildman–Crippen MR) is 82.4 cm³/mol. The topological polar surface area (TPSA) is 40.5 Å². The van der Waals surface area contributed by atoms with E-state index in [0.717, 1.165) is 21.1 Å². The number of rotatable bonds is 2. The Bertz CT molecular complexity index is 640. The zero-order valence-electron chi connectivity index (χ0n) is 12.1. The van der Waals surface area contributed by atoms with Crippen LogP contribution in [0.15, 0.2) is 28.9 Å². The van der Waals surface area contributed by atoms with Crippen molar-refractivity contribution in [3.8, 4) is 5.75 Å². The summed E-state index contributed by atoms with van der Waals surface area (Å²) in [6.45, 7) is 8.07. The van der Waals surface area contributed by atoms with Crippen LogP contribution in [0.4, 0.5) is 4.79 Å². The summed E-state index contributed by atoms with van der Waals surface area (Å²) < 4.78 is 13.3. The number of carbonyl (C=O) groups is 1. The van der Waals surface area contributed by atoms with Gasteiger partial charge in [0.05, 0.1) is 16.6 Å². The van der Waals surface area contributed by atoms with Gasteiger partial charge in [-0.3, -0.25) is 4.57 Å². The first kappa shape index (κ1) is 14.9. The Labute approximate surface area is 126 Å². The predicted octanol–water partition coefficient (Wildman–Crippen LogP) is 4.59. The SMILES string of the molecule is CCOc1ccc2c(ccn2C(=O)OC(C)(C)C)c1Br. The van der Waals surface area contributed by atoms with Crippen molar-refractivity contribution in [1.82, 2.24) is 4.57 Å². The van der Waals surface area contributed by atoms with Gasteiger partial charge in [0, 0.05) is 11.6 Å². The highest BCUT2D eigenvalue weighted by atomic mass is 79.9. The summed E-state index contributed by atoms with van der Waals surface area (Å²) >= 11 is 3.52. The van der Waals surface area contributed by atoms with Crippen molar-refractivity contribution < 1.29 is 14.3 Å². The van der Waals surface area contributed by atoms with Gasteiger partial charge in [0.15, 0.2) is 0 Å². The zero-order chi connectivity index (χ0) is 14.9. The summed E-state index contributed by atoms with van der Waals surface area (Å²) in [7, 11) is 0. The largest absolute Gasteiger partial charge is 0.493 e. The third-order valence-electron chi connectivity index (χ3n) is 2.66. The lowest BCUT2D eigenvalue weighted by atomic mass is 10.2. The number of nitrogens with zero attached hydrogens (tertiary/aromatic N) is 1. The lowest BCUT2D eigenvalue weighted by molar-refractivity contribution is 0.0544. The second-order valence-electron chi connectivity index (χ2n) is 5.41. The van der Waals surface area contributed by atoms with E-state index in [1.807, 2.05) is 45.9 Å². The fourth-order valence-electron chi connectivity index (χ4n) is 1.90. The monoisotopic (exact) mass is 339 g/mol. The molecule has 1 heterocycles. The van der Waals surface area contributed by atoms with Crippen molar-refractivity contribution in [2.45, 2.75) is 33.3 Å². The first-order valence-corrected chi connectivity index (χ1v) is 7.28. The molecule has 108 valence electrons. The second-order valence-corrected chi connectivity index (χ2v) is 6.20. The number of benzene rings is 1. The molecule has 0 bridgehead atoms. The number of hydrogen-bond donors (Lipinski definition) is 0. The van der Waals surface area contributed by atoms with Gasteiger partial charge >= 0.3 is 6.09 Å². The zero-order valence-corrected chi connectivity index (χ0v) is 13.7. The first-order chi connectivity index (χ1) is 9.33. The summed E-state index contributed by atoms with van der Waals surface area (Å²) in [6.07, 6.45) is 1.32. The molecule has 0 radical (unpaired) electrons. The average Bonchev–Trinajstić information content (AvgIpc) is 2.75. The van der Waals surface area contributed by atoms with Crippen LogP contribution >= 0.6 is 15.9 Å². The van der Waals surface area contributed by atoms with Crippen LogP contribution in [0.1, 0.15) is 27.7 Å². The summed E-state index contributed by atoms with van der Waals surface area (Å²) in [4.78, 5) is 12.2. The molecule has 0 saturated heterocycles. The van der Waals surface area contributed by atoms with E-state index in [1.54, 1.807) is 6.20 Å². The highest BCUT2D eigenvalue weighted by Gasteiger charge is 2.20. The summed E-state index contributed by atoms with van der Waals surface area (Å²) in [5.74, 6) is 0.766. The molecule has 20 heavy (non-hydrogen) atoms. The molecule has 1 aromatic carbocycles. The van der Waals surface area contributed by atoms with Gasteiger partial charge in [0.25, 0.3) is 0 Å². The Morgan fingerprint density at radius 2 is 2.00 bits per heavy atom. The fourth-order valence-corrected chi connectivity index (χ4v) is 2.48. The van der Waals surface area contributed by atoms with Crippen LogP contribution < -0.4 is 4.74 Å². The van der Waals surface area contributed by atoms with Gasteiger partial charge in [-0.1, -0.05) is 0 Å². The molecule has 2 rings (SSSR count). The molecule has 0 saturated carbocycles. The molecule has 0 aliphatic heterocycles. The molecule has 0 atom stereocenters. The van der Waals surface area contributed by atoms with Crippen molar-refractivity contribution >= 4 is 32.9 Å². The molecule has 4 nitrogen and oxygen atoms in total. The van der Waals surface area contributed by atoms with Gasteiger partial charge in [-0.2, -0.15) is 0 Å². The molecular weight excluding hydrogens is 322 g/mol. The van der Waals surface area contributed by atoms with Crippen LogP contribution in [-0.2, 0) is 4.74 Å². The van der Waals surface area contributed by atoms with Gasteiger partial charge in [0.2, 0.25) is 0 Å². The van der Waals surface area contributed by atoms with E-state index in [-0.39, 0.29) is 6.09 Å². The molecule has 1 aromatic heterocycles. The quantitative estimate of drug-likeness (QED) is 0.803. The molecule has 0 spiro atoms. The fraction of sp³-hybridized carbons (Fsp3) is 0.400. The average molecular weight is 340 g/mol. The van der Waals surface area contributed by atoms with Crippen LogP contribution in [0.25, 0.3) is 10.9 Å². The number of fused-ring (bicyclic) bond motifs is 1. The minimum absolute atomic E-state index is 0.386. The van der Waals surface area contributed by atoms with Crippen molar-refractivity contribution in [2.24, 2.45) is 0 Å². The standard InChI is InChI=1S/C15H18BrNO3/c1-5-19-12-7-6-11-10(13(12)16)8-9-17(11)14(18)20-15(2,3)4/h6-9H,5H2,1-4H3. The van der Waals surface area contributed by atoms with Crippen LogP contribution in [0, 0.1) is 0 Å². The number of carbonyl (C=O) groups excluding carboxylic acids is 1. The molecule has 0 amide bonds. The van der Waals surface area contributed by atoms with Crippen molar-refractivity contribution in [3.63, 3.8) is 0 Å². The van der Waals surface area contributed by atoms with Gasteiger partial charge in [0.1, 0.15) is 11.4 Å². The third-order valence-corrected chi connectivity index (χ3v) is 3.48.